The first kappa shape index (κ1) is 17.3. The number of aromatic hydroxyl groups is 1. The second-order valence-corrected chi connectivity index (χ2v) is 7.86. The molecule has 0 unspecified atom stereocenters. The van der Waals surface area contributed by atoms with Gasteiger partial charge in [-0.15, -0.1) is 0 Å². The summed E-state index contributed by atoms with van der Waals surface area (Å²) in [6, 6.07) is 5.60. The third kappa shape index (κ3) is 3.92. The van der Waals surface area contributed by atoms with Crippen LogP contribution in [0.25, 0.3) is 0 Å². The van der Waals surface area contributed by atoms with Gasteiger partial charge in [-0.3, -0.25) is 9.69 Å². The van der Waals surface area contributed by atoms with E-state index in [1.165, 1.54) is 19.4 Å². The molecule has 24 heavy (non-hydrogen) atoms. The fourth-order valence-electron chi connectivity index (χ4n) is 3.71. The van der Waals surface area contributed by atoms with Crippen molar-refractivity contribution in [1.29, 1.82) is 0 Å². The van der Waals surface area contributed by atoms with Crippen LogP contribution in [0.3, 0.4) is 0 Å². The van der Waals surface area contributed by atoms with Crippen LogP contribution in [-0.2, 0) is 0 Å². The first-order valence-electron chi connectivity index (χ1n) is 9.28. The second-order valence-electron chi connectivity index (χ2n) is 7.86. The Morgan fingerprint density at radius 1 is 1.29 bits per heavy atom. The van der Waals surface area contributed by atoms with Crippen molar-refractivity contribution >= 4 is 5.91 Å². The Balaban J connectivity index is 1.74. The number of aryl methyl sites for hydroxylation is 1. The molecule has 0 aromatic heterocycles. The van der Waals surface area contributed by atoms with Gasteiger partial charge in [0.2, 0.25) is 0 Å². The Labute approximate surface area is 145 Å². The largest absolute Gasteiger partial charge is 0.508 e. The molecule has 2 aliphatic rings. The number of phenols is 1. The number of hydrogen-bond acceptors (Lipinski definition) is 3. The molecule has 1 aliphatic heterocycles. The predicted molar refractivity (Wildman–Crippen MR) is 96.3 cm³/mol. The molecule has 1 N–H and O–H groups in total. The van der Waals surface area contributed by atoms with Gasteiger partial charge in [0.15, 0.2) is 0 Å². The highest BCUT2D eigenvalue weighted by Crippen LogP contribution is 2.32. The number of rotatable bonds is 4. The lowest BCUT2D eigenvalue weighted by molar-refractivity contribution is 0.0704. The van der Waals surface area contributed by atoms with Gasteiger partial charge in [0.1, 0.15) is 5.75 Å². The van der Waals surface area contributed by atoms with Crippen LogP contribution in [-0.4, -0.2) is 53.0 Å². The second kappa shape index (κ2) is 7.14. The van der Waals surface area contributed by atoms with Crippen LogP contribution < -0.4 is 0 Å². The molecule has 1 atom stereocenters. The minimum Gasteiger partial charge on any atom is -0.508 e. The molecule has 1 aliphatic carbocycles. The smallest absolute Gasteiger partial charge is 0.253 e. The Bertz CT molecular complexity index is 595. The average Bonchev–Trinajstić information content (AvgIpc) is 3.36. The van der Waals surface area contributed by atoms with E-state index in [1.54, 1.807) is 18.2 Å². The van der Waals surface area contributed by atoms with E-state index in [0.29, 0.717) is 17.5 Å². The Hall–Kier alpha value is -1.55. The van der Waals surface area contributed by atoms with Gasteiger partial charge < -0.3 is 10.0 Å². The van der Waals surface area contributed by atoms with E-state index in [-0.39, 0.29) is 11.7 Å². The summed E-state index contributed by atoms with van der Waals surface area (Å²) in [6.07, 6.45) is 3.78. The third-order valence-corrected chi connectivity index (χ3v) is 5.44. The minimum absolute atomic E-state index is 0.0945. The van der Waals surface area contributed by atoms with Crippen molar-refractivity contribution in [3.8, 4) is 5.75 Å². The quantitative estimate of drug-likeness (QED) is 0.921. The Morgan fingerprint density at radius 2 is 2.04 bits per heavy atom. The number of carbonyl (C=O) groups excluding carboxylic acids is 1. The number of amides is 1. The fraction of sp³-hybridized carbons (Fsp3) is 0.650. The molecule has 0 radical (unpaired) electrons. The molecule has 1 saturated carbocycles. The zero-order valence-electron chi connectivity index (χ0n) is 15.2. The first-order valence-corrected chi connectivity index (χ1v) is 9.28. The topological polar surface area (TPSA) is 43.8 Å². The van der Waals surface area contributed by atoms with E-state index >= 15 is 0 Å². The molecule has 1 amide bonds. The van der Waals surface area contributed by atoms with Gasteiger partial charge in [0.05, 0.1) is 0 Å². The van der Waals surface area contributed by atoms with E-state index in [9.17, 15) is 9.90 Å². The Kier molecular flexibility index (Phi) is 5.14. The molecule has 2 fully saturated rings. The molecule has 132 valence electrons. The maximum Gasteiger partial charge on any atom is 0.253 e. The fourth-order valence-corrected chi connectivity index (χ4v) is 3.71. The summed E-state index contributed by atoms with van der Waals surface area (Å²) in [7, 11) is 0. The predicted octanol–water partition coefficient (Wildman–Crippen LogP) is 3.28. The molecule has 4 heteroatoms. The minimum atomic E-state index is 0.0945. The number of phenolic OH excluding ortho intramolecular Hbond substituents is 1. The van der Waals surface area contributed by atoms with Crippen LogP contribution in [0.15, 0.2) is 18.2 Å². The monoisotopic (exact) mass is 330 g/mol. The highest BCUT2D eigenvalue weighted by molar-refractivity contribution is 5.94. The van der Waals surface area contributed by atoms with Gasteiger partial charge in [-0.25, -0.2) is 0 Å². The molecule has 0 spiro atoms. The number of hydrogen-bond donors (Lipinski definition) is 1. The van der Waals surface area contributed by atoms with E-state index in [4.69, 9.17) is 0 Å². The lowest BCUT2D eigenvalue weighted by atomic mass is 10.0. The third-order valence-electron chi connectivity index (χ3n) is 5.44. The summed E-state index contributed by atoms with van der Waals surface area (Å²) in [5, 5.41) is 9.69. The molecule has 0 bridgehead atoms. The highest BCUT2D eigenvalue weighted by atomic mass is 16.3. The van der Waals surface area contributed by atoms with Crippen molar-refractivity contribution in [2.75, 3.05) is 26.2 Å². The SMILES string of the molecule is Cc1cc(C(=O)N2CCCN(CC3CC3)[C@H](C(C)C)C2)ccc1O. The molecule has 1 aromatic rings. The molecular weight excluding hydrogens is 300 g/mol. The maximum atomic E-state index is 13.0. The number of benzene rings is 1. The standard InChI is InChI=1S/C20H30N2O2/c1-14(2)18-13-22(10-4-9-21(18)12-16-5-6-16)20(24)17-7-8-19(23)15(3)11-17/h7-8,11,14,16,18,23H,4-6,9-10,12-13H2,1-3H3/t18-/m0/s1. The van der Waals surface area contributed by atoms with Crippen LogP contribution in [0.2, 0.25) is 0 Å². The van der Waals surface area contributed by atoms with E-state index in [0.717, 1.165) is 37.5 Å². The van der Waals surface area contributed by atoms with Crippen LogP contribution in [0, 0.1) is 18.8 Å². The normalized spacial score (nSPS) is 22.7. The number of carbonyl (C=O) groups is 1. The zero-order valence-corrected chi connectivity index (χ0v) is 15.2. The maximum absolute atomic E-state index is 13.0. The van der Waals surface area contributed by atoms with Crippen molar-refractivity contribution in [2.24, 2.45) is 11.8 Å². The average molecular weight is 330 g/mol. The molecule has 4 nitrogen and oxygen atoms in total. The van der Waals surface area contributed by atoms with Gasteiger partial charge in [0.25, 0.3) is 5.91 Å². The highest BCUT2D eigenvalue weighted by Gasteiger charge is 2.33. The van der Waals surface area contributed by atoms with Gasteiger partial charge in [-0.05, 0) is 61.8 Å². The summed E-state index contributed by atoms with van der Waals surface area (Å²) in [6.45, 7) is 10.3. The van der Waals surface area contributed by atoms with Crippen LogP contribution in [0.4, 0.5) is 0 Å². The summed E-state index contributed by atoms with van der Waals surface area (Å²) in [4.78, 5) is 17.6. The molecule has 3 rings (SSSR count). The van der Waals surface area contributed by atoms with Gasteiger partial charge in [-0.2, -0.15) is 0 Å². The summed E-state index contributed by atoms with van der Waals surface area (Å²) in [5.74, 6) is 1.77. The van der Waals surface area contributed by atoms with Gasteiger partial charge in [-0.1, -0.05) is 13.8 Å². The lowest BCUT2D eigenvalue weighted by Gasteiger charge is -2.34. The van der Waals surface area contributed by atoms with Gasteiger partial charge >= 0.3 is 0 Å². The Morgan fingerprint density at radius 3 is 2.67 bits per heavy atom. The summed E-state index contributed by atoms with van der Waals surface area (Å²) in [5.41, 5.74) is 1.44. The van der Waals surface area contributed by atoms with E-state index in [2.05, 4.69) is 18.7 Å². The molecule has 1 heterocycles. The van der Waals surface area contributed by atoms with Crippen LogP contribution in [0.5, 0.6) is 5.75 Å². The van der Waals surface area contributed by atoms with Crippen molar-refractivity contribution < 1.29 is 9.90 Å². The summed E-state index contributed by atoms with van der Waals surface area (Å²) < 4.78 is 0. The molecule has 1 saturated heterocycles. The van der Waals surface area contributed by atoms with Crippen molar-refractivity contribution in [1.82, 2.24) is 9.80 Å². The van der Waals surface area contributed by atoms with Crippen molar-refractivity contribution in [3.63, 3.8) is 0 Å². The molecular formula is C20H30N2O2. The van der Waals surface area contributed by atoms with Crippen LogP contribution in [0.1, 0.15) is 49.0 Å². The number of nitrogens with zero attached hydrogens (tertiary/aromatic N) is 2. The van der Waals surface area contributed by atoms with Gasteiger partial charge in [0, 0.05) is 37.8 Å². The van der Waals surface area contributed by atoms with Crippen molar-refractivity contribution in [2.45, 2.75) is 46.1 Å². The lowest BCUT2D eigenvalue weighted by Crippen LogP contribution is -2.46. The van der Waals surface area contributed by atoms with E-state index in [1.807, 2.05) is 11.8 Å². The first-order chi connectivity index (χ1) is 11.5. The summed E-state index contributed by atoms with van der Waals surface area (Å²) >= 11 is 0. The van der Waals surface area contributed by atoms with Crippen LogP contribution >= 0.6 is 0 Å². The van der Waals surface area contributed by atoms with Crippen molar-refractivity contribution in [3.05, 3.63) is 29.3 Å². The van der Waals surface area contributed by atoms with E-state index < -0.39 is 0 Å². The molecule has 1 aromatic carbocycles. The zero-order chi connectivity index (χ0) is 17.3.